The van der Waals surface area contributed by atoms with E-state index >= 15 is 0 Å². The molecule has 0 atom stereocenters. The fraction of sp³-hybridized carbons (Fsp3) is 0.286. The average Bonchev–Trinajstić information content (AvgIpc) is 2.98. The summed E-state index contributed by atoms with van der Waals surface area (Å²) in [5.74, 6) is -1.11. The second-order valence-corrected chi connectivity index (χ2v) is 6.91. The highest BCUT2D eigenvalue weighted by molar-refractivity contribution is 6.05. The van der Waals surface area contributed by atoms with Crippen molar-refractivity contribution in [3.8, 4) is 0 Å². The molecule has 9 heteroatoms. The molecule has 2 aromatic heterocycles. The standard InChI is InChI=1S/C21H24N6O3/c1-5-12-27-21(30)17-9-7-6-8-16(17)19(25-27)20(29)23-22-18(28)11-10-15-13(2)24-26(4)14(15)3/h6-11H,5,12H2,1-4H3,(H,22,28)(H,23,29)/b11-10+. The van der Waals surface area contributed by atoms with Crippen LogP contribution in [0.1, 0.15) is 40.8 Å². The van der Waals surface area contributed by atoms with Crippen molar-refractivity contribution in [3.05, 3.63) is 63.3 Å². The number of carbonyl (C=O) groups excluding carboxylic acids is 2. The van der Waals surface area contributed by atoms with Crippen LogP contribution < -0.4 is 16.4 Å². The van der Waals surface area contributed by atoms with Gasteiger partial charge in [0, 0.05) is 36.3 Å². The van der Waals surface area contributed by atoms with Gasteiger partial charge >= 0.3 is 0 Å². The quantitative estimate of drug-likeness (QED) is 0.492. The van der Waals surface area contributed by atoms with Gasteiger partial charge in [0.2, 0.25) is 0 Å². The van der Waals surface area contributed by atoms with Crippen molar-refractivity contribution in [1.29, 1.82) is 0 Å². The van der Waals surface area contributed by atoms with Gasteiger partial charge in [0.05, 0.1) is 11.1 Å². The zero-order valence-corrected chi connectivity index (χ0v) is 17.4. The maximum absolute atomic E-state index is 12.7. The molecule has 156 valence electrons. The topological polar surface area (TPSA) is 111 Å². The molecule has 0 bridgehead atoms. The summed E-state index contributed by atoms with van der Waals surface area (Å²) in [6.07, 6.45) is 3.66. The van der Waals surface area contributed by atoms with E-state index in [0.717, 1.165) is 17.0 Å². The Labute approximate surface area is 173 Å². The summed E-state index contributed by atoms with van der Waals surface area (Å²) in [7, 11) is 1.83. The number of aryl methyl sites for hydroxylation is 3. The van der Waals surface area contributed by atoms with Gasteiger partial charge in [-0.05, 0) is 32.4 Å². The predicted molar refractivity (Wildman–Crippen MR) is 114 cm³/mol. The number of nitrogens with one attached hydrogen (secondary N) is 2. The van der Waals surface area contributed by atoms with Gasteiger partial charge in [0.15, 0.2) is 5.69 Å². The molecule has 3 rings (SSSR count). The number of benzene rings is 1. The largest absolute Gasteiger partial charge is 0.290 e. The van der Waals surface area contributed by atoms with Crippen molar-refractivity contribution in [1.82, 2.24) is 30.4 Å². The van der Waals surface area contributed by atoms with E-state index in [4.69, 9.17) is 0 Å². The molecule has 0 unspecified atom stereocenters. The normalized spacial score (nSPS) is 11.2. The first-order valence-electron chi connectivity index (χ1n) is 9.62. The average molecular weight is 408 g/mol. The number of carbonyl (C=O) groups is 2. The van der Waals surface area contributed by atoms with E-state index < -0.39 is 11.8 Å². The van der Waals surface area contributed by atoms with Gasteiger partial charge in [0.1, 0.15) is 0 Å². The molecule has 2 amide bonds. The Morgan fingerprint density at radius 3 is 2.43 bits per heavy atom. The van der Waals surface area contributed by atoms with Crippen molar-refractivity contribution in [2.45, 2.75) is 33.7 Å². The molecular weight excluding hydrogens is 384 g/mol. The van der Waals surface area contributed by atoms with Crippen LogP contribution in [0.4, 0.5) is 0 Å². The Bertz CT molecular complexity index is 1210. The first-order chi connectivity index (χ1) is 14.3. The summed E-state index contributed by atoms with van der Waals surface area (Å²) in [5.41, 5.74) is 7.10. The Hall–Kier alpha value is -3.75. The Morgan fingerprint density at radius 2 is 1.80 bits per heavy atom. The molecule has 2 N–H and O–H groups in total. The Morgan fingerprint density at radius 1 is 1.10 bits per heavy atom. The second-order valence-electron chi connectivity index (χ2n) is 6.91. The van der Waals surface area contributed by atoms with Gasteiger partial charge in [-0.1, -0.05) is 25.1 Å². The molecule has 2 heterocycles. The first kappa shape index (κ1) is 21.0. The number of amides is 2. The lowest BCUT2D eigenvalue weighted by molar-refractivity contribution is -0.117. The molecule has 0 aliphatic rings. The van der Waals surface area contributed by atoms with Gasteiger partial charge in [-0.3, -0.25) is 29.9 Å². The monoisotopic (exact) mass is 408 g/mol. The number of aromatic nitrogens is 4. The number of fused-ring (bicyclic) bond motifs is 1. The van der Waals surface area contributed by atoms with Gasteiger partial charge in [-0.15, -0.1) is 0 Å². The molecule has 0 aliphatic heterocycles. The molecule has 9 nitrogen and oxygen atoms in total. The summed E-state index contributed by atoms with van der Waals surface area (Å²) in [6, 6.07) is 6.77. The van der Waals surface area contributed by atoms with Crippen LogP contribution in [-0.2, 0) is 18.4 Å². The minimum atomic E-state index is -0.605. The molecule has 30 heavy (non-hydrogen) atoms. The molecule has 0 spiro atoms. The lowest BCUT2D eigenvalue weighted by atomic mass is 10.1. The van der Waals surface area contributed by atoms with Gasteiger partial charge in [-0.25, -0.2) is 4.68 Å². The highest BCUT2D eigenvalue weighted by Crippen LogP contribution is 2.14. The van der Waals surface area contributed by atoms with E-state index in [1.807, 2.05) is 27.8 Å². The van der Waals surface area contributed by atoms with Gasteiger partial charge in [-0.2, -0.15) is 10.2 Å². The second kappa shape index (κ2) is 8.73. The van der Waals surface area contributed by atoms with Gasteiger partial charge < -0.3 is 0 Å². The lowest BCUT2D eigenvalue weighted by Gasteiger charge is -2.10. The first-order valence-corrected chi connectivity index (χ1v) is 9.62. The zero-order chi connectivity index (χ0) is 21.8. The summed E-state index contributed by atoms with van der Waals surface area (Å²) in [6.45, 7) is 6.07. The smallest absolute Gasteiger partial charge is 0.272 e. The highest BCUT2D eigenvalue weighted by atomic mass is 16.2. The Balaban J connectivity index is 1.78. The van der Waals surface area contributed by atoms with Gasteiger partial charge in [0.25, 0.3) is 17.4 Å². The Kier molecular flexibility index (Phi) is 6.10. The minimum absolute atomic E-state index is 0.0712. The van der Waals surface area contributed by atoms with Crippen LogP contribution in [0.15, 0.2) is 35.1 Å². The van der Waals surface area contributed by atoms with Crippen molar-refractivity contribution in [2.75, 3.05) is 0 Å². The van der Waals surface area contributed by atoms with Crippen LogP contribution in [0.3, 0.4) is 0 Å². The maximum atomic E-state index is 12.7. The third-order valence-corrected chi connectivity index (χ3v) is 4.78. The van der Waals surface area contributed by atoms with E-state index in [9.17, 15) is 14.4 Å². The van der Waals surface area contributed by atoms with Crippen LogP contribution in [0.2, 0.25) is 0 Å². The van der Waals surface area contributed by atoms with E-state index in [2.05, 4.69) is 21.0 Å². The van der Waals surface area contributed by atoms with E-state index in [-0.39, 0.29) is 11.3 Å². The fourth-order valence-electron chi connectivity index (χ4n) is 3.18. The van der Waals surface area contributed by atoms with Crippen LogP contribution in [0, 0.1) is 13.8 Å². The summed E-state index contributed by atoms with van der Waals surface area (Å²) in [5, 5.41) is 9.32. The molecule has 1 aromatic carbocycles. The van der Waals surface area contributed by atoms with E-state index in [1.54, 1.807) is 35.0 Å². The molecule has 0 saturated carbocycles. The van der Waals surface area contributed by atoms with Crippen LogP contribution in [0.25, 0.3) is 16.8 Å². The number of hydrazine groups is 1. The molecule has 0 saturated heterocycles. The molecule has 0 fully saturated rings. The number of hydrogen-bond acceptors (Lipinski definition) is 5. The van der Waals surface area contributed by atoms with Crippen LogP contribution in [-0.4, -0.2) is 31.4 Å². The van der Waals surface area contributed by atoms with Crippen molar-refractivity contribution in [3.63, 3.8) is 0 Å². The maximum Gasteiger partial charge on any atom is 0.290 e. The number of rotatable bonds is 5. The fourth-order valence-corrected chi connectivity index (χ4v) is 3.18. The SMILES string of the molecule is CCCn1nc(C(=O)NNC(=O)/C=C/c2c(C)nn(C)c2C)c2ccccc2c1=O. The van der Waals surface area contributed by atoms with Crippen LogP contribution in [0.5, 0.6) is 0 Å². The summed E-state index contributed by atoms with van der Waals surface area (Å²) >= 11 is 0. The molecule has 0 aliphatic carbocycles. The van der Waals surface area contributed by atoms with Crippen molar-refractivity contribution < 1.29 is 9.59 Å². The lowest BCUT2D eigenvalue weighted by Crippen LogP contribution is -2.42. The third kappa shape index (κ3) is 4.14. The van der Waals surface area contributed by atoms with Crippen LogP contribution >= 0.6 is 0 Å². The molecule has 0 radical (unpaired) electrons. The molecule has 3 aromatic rings. The van der Waals surface area contributed by atoms with E-state index in [0.29, 0.717) is 23.7 Å². The van der Waals surface area contributed by atoms with Crippen molar-refractivity contribution >= 4 is 28.7 Å². The number of hydrogen-bond donors (Lipinski definition) is 2. The zero-order valence-electron chi connectivity index (χ0n) is 17.4. The highest BCUT2D eigenvalue weighted by Gasteiger charge is 2.16. The van der Waals surface area contributed by atoms with Crippen molar-refractivity contribution in [2.24, 2.45) is 7.05 Å². The third-order valence-electron chi connectivity index (χ3n) is 4.78. The molecular formula is C21H24N6O3. The summed E-state index contributed by atoms with van der Waals surface area (Å²) in [4.78, 5) is 37.3. The predicted octanol–water partition coefficient (Wildman–Crippen LogP) is 1.63. The summed E-state index contributed by atoms with van der Waals surface area (Å²) < 4.78 is 3.00. The minimum Gasteiger partial charge on any atom is -0.272 e. The number of nitrogens with zero attached hydrogens (tertiary/aromatic N) is 4. The van der Waals surface area contributed by atoms with E-state index in [1.165, 1.54) is 10.8 Å².